The fraction of sp³-hybridized carbons (Fsp3) is 1.00. The average Bonchev–Trinajstić information content (AvgIpc) is 2.62. The Morgan fingerprint density at radius 2 is 0.808 bits per heavy atom. The molecule has 4 aliphatic rings. The summed E-state index contributed by atoms with van der Waals surface area (Å²) in [6.45, 7) is 8.29. The van der Waals surface area contributed by atoms with Gasteiger partial charge in [0.15, 0.2) is 0 Å². The van der Waals surface area contributed by atoms with E-state index in [0.717, 1.165) is 10.8 Å². The Kier molecular flexibility index (Phi) is 9.05. The highest BCUT2D eigenvalue weighted by molar-refractivity contribution is 5.85. The van der Waals surface area contributed by atoms with Crippen molar-refractivity contribution in [3.8, 4) is 0 Å². The summed E-state index contributed by atoms with van der Waals surface area (Å²) in [4.78, 5) is 5.69. The minimum Gasteiger partial charge on any atom is -0.302 e. The molecule has 0 bridgehead atoms. The van der Waals surface area contributed by atoms with Crippen molar-refractivity contribution in [3.63, 3.8) is 0 Å². The van der Waals surface area contributed by atoms with Crippen LogP contribution in [0.25, 0.3) is 0 Å². The van der Waals surface area contributed by atoms with Gasteiger partial charge in [-0.05, 0) is 75.3 Å². The number of nitrogens with zero attached hydrogens (tertiary/aromatic N) is 2. The first-order chi connectivity index (χ1) is 11.8. The zero-order valence-corrected chi connectivity index (χ0v) is 18.5. The highest BCUT2D eigenvalue weighted by atomic mass is 35.5. The van der Waals surface area contributed by atoms with Crippen molar-refractivity contribution >= 4 is 24.8 Å². The fourth-order valence-corrected chi connectivity index (χ4v) is 6.70. The van der Waals surface area contributed by atoms with Gasteiger partial charge in [0.25, 0.3) is 0 Å². The molecule has 0 atom stereocenters. The quantitative estimate of drug-likeness (QED) is 0.575. The molecule has 2 spiro atoms. The summed E-state index contributed by atoms with van der Waals surface area (Å²) in [5.41, 5.74) is 1.45. The van der Waals surface area contributed by atoms with Crippen molar-refractivity contribution in [3.05, 3.63) is 0 Å². The Morgan fingerprint density at radius 1 is 0.462 bits per heavy atom. The van der Waals surface area contributed by atoms with E-state index >= 15 is 0 Å². The minimum absolute atomic E-state index is 0. The first-order valence-corrected chi connectivity index (χ1v) is 11.2. The number of halogens is 2. The van der Waals surface area contributed by atoms with Crippen LogP contribution >= 0.6 is 24.8 Å². The molecule has 2 aliphatic carbocycles. The van der Waals surface area contributed by atoms with E-state index < -0.39 is 0 Å². The molecule has 2 nitrogen and oxygen atoms in total. The molecule has 0 amide bonds. The number of piperidine rings is 2. The van der Waals surface area contributed by atoms with E-state index in [0.29, 0.717) is 0 Å². The second-order valence-electron chi connectivity index (χ2n) is 9.88. The predicted molar refractivity (Wildman–Crippen MR) is 117 cm³/mol. The highest BCUT2D eigenvalue weighted by Gasteiger charge is 2.38. The van der Waals surface area contributed by atoms with Crippen LogP contribution in [-0.4, -0.2) is 49.1 Å². The Bertz CT molecular complexity index is 354. The van der Waals surface area contributed by atoms with Crippen molar-refractivity contribution in [1.29, 1.82) is 0 Å². The molecule has 0 N–H and O–H groups in total. The summed E-state index contributed by atoms with van der Waals surface area (Å²) in [5, 5.41) is 0. The number of rotatable bonds is 3. The van der Waals surface area contributed by atoms with Crippen LogP contribution in [0.3, 0.4) is 0 Å². The molecule has 0 aromatic heterocycles. The van der Waals surface area contributed by atoms with Crippen molar-refractivity contribution in [2.24, 2.45) is 10.8 Å². The van der Waals surface area contributed by atoms with E-state index in [1.54, 1.807) is 0 Å². The van der Waals surface area contributed by atoms with Crippen LogP contribution in [0, 0.1) is 10.8 Å². The normalized spacial score (nSPS) is 29.1. The van der Waals surface area contributed by atoms with Crippen LogP contribution in [0.1, 0.15) is 89.9 Å². The van der Waals surface area contributed by atoms with Gasteiger partial charge < -0.3 is 9.80 Å². The van der Waals surface area contributed by atoms with Gasteiger partial charge in [0, 0.05) is 26.2 Å². The summed E-state index contributed by atoms with van der Waals surface area (Å²) < 4.78 is 0. The molecule has 4 fully saturated rings. The molecule has 4 heteroatoms. The minimum atomic E-state index is 0. The van der Waals surface area contributed by atoms with Crippen LogP contribution in [0.2, 0.25) is 0 Å². The molecular weight excluding hydrogens is 363 g/mol. The third kappa shape index (κ3) is 5.52. The van der Waals surface area contributed by atoms with Crippen molar-refractivity contribution in [1.82, 2.24) is 9.80 Å². The van der Waals surface area contributed by atoms with Gasteiger partial charge >= 0.3 is 0 Å². The van der Waals surface area contributed by atoms with E-state index in [1.807, 2.05) is 0 Å². The van der Waals surface area contributed by atoms with Gasteiger partial charge in [-0.25, -0.2) is 0 Å². The van der Waals surface area contributed by atoms with E-state index in [9.17, 15) is 0 Å². The molecule has 154 valence electrons. The molecule has 2 heterocycles. The third-order valence-electron chi connectivity index (χ3n) is 8.04. The third-order valence-corrected chi connectivity index (χ3v) is 8.04. The number of hydrogen-bond acceptors (Lipinski definition) is 2. The van der Waals surface area contributed by atoms with E-state index in [4.69, 9.17) is 0 Å². The summed E-state index contributed by atoms with van der Waals surface area (Å²) in [6, 6.07) is 0. The zero-order chi connectivity index (χ0) is 16.3. The molecular formula is C22H42Cl2N2. The van der Waals surface area contributed by atoms with Crippen LogP contribution in [-0.2, 0) is 0 Å². The van der Waals surface area contributed by atoms with Crippen molar-refractivity contribution in [2.75, 3.05) is 39.3 Å². The maximum absolute atomic E-state index is 2.84. The number of hydrogen-bond donors (Lipinski definition) is 0. The summed E-state index contributed by atoms with van der Waals surface area (Å²) in [5.74, 6) is 0. The zero-order valence-electron chi connectivity index (χ0n) is 16.9. The van der Waals surface area contributed by atoms with Crippen LogP contribution in [0.4, 0.5) is 0 Å². The molecule has 0 aromatic rings. The largest absolute Gasteiger partial charge is 0.302 e. The van der Waals surface area contributed by atoms with E-state index in [2.05, 4.69) is 9.80 Å². The lowest BCUT2D eigenvalue weighted by molar-refractivity contribution is 0.0250. The number of likely N-dealkylation sites (tertiary alicyclic amines) is 2. The van der Waals surface area contributed by atoms with E-state index in [1.165, 1.54) is 129 Å². The summed E-state index contributed by atoms with van der Waals surface area (Å²) >= 11 is 0. The summed E-state index contributed by atoms with van der Waals surface area (Å²) in [6.07, 6.45) is 21.1. The van der Waals surface area contributed by atoms with Gasteiger partial charge in [0.1, 0.15) is 0 Å². The predicted octanol–water partition coefficient (Wildman–Crippen LogP) is 5.92. The molecule has 0 aromatic carbocycles. The Morgan fingerprint density at radius 3 is 1.19 bits per heavy atom. The van der Waals surface area contributed by atoms with E-state index in [-0.39, 0.29) is 24.8 Å². The lowest BCUT2D eigenvalue weighted by Crippen LogP contribution is -2.49. The Hall–Kier alpha value is 0.500. The van der Waals surface area contributed by atoms with Crippen LogP contribution in [0.5, 0.6) is 0 Å². The topological polar surface area (TPSA) is 6.48 Å². The van der Waals surface area contributed by atoms with Crippen LogP contribution in [0.15, 0.2) is 0 Å². The van der Waals surface area contributed by atoms with Crippen molar-refractivity contribution in [2.45, 2.75) is 89.9 Å². The SMILES string of the molecule is C1CCC2(CC1)CCCN(CCN1CCCC3(CCCCC3)C1)C2.Cl.Cl. The maximum Gasteiger partial charge on any atom is 0.0110 e. The first kappa shape index (κ1) is 22.8. The molecule has 2 saturated heterocycles. The lowest BCUT2D eigenvalue weighted by atomic mass is 9.69. The van der Waals surface area contributed by atoms with Gasteiger partial charge in [-0.15, -0.1) is 24.8 Å². The van der Waals surface area contributed by atoms with Gasteiger partial charge in [0.2, 0.25) is 0 Å². The first-order valence-electron chi connectivity index (χ1n) is 11.2. The second-order valence-corrected chi connectivity index (χ2v) is 9.88. The lowest BCUT2D eigenvalue weighted by Gasteiger charge is -2.47. The average molecular weight is 405 g/mol. The maximum atomic E-state index is 2.84. The monoisotopic (exact) mass is 404 g/mol. The fourth-order valence-electron chi connectivity index (χ4n) is 6.70. The van der Waals surface area contributed by atoms with Gasteiger partial charge in [0.05, 0.1) is 0 Å². The highest BCUT2D eigenvalue weighted by Crippen LogP contribution is 2.44. The van der Waals surface area contributed by atoms with Crippen molar-refractivity contribution < 1.29 is 0 Å². The Balaban J connectivity index is 0.00000121. The van der Waals surface area contributed by atoms with Crippen LogP contribution < -0.4 is 0 Å². The van der Waals surface area contributed by atoms with Gasteiger partial charge in [-0.3, -0.25) is 0 Å². The Labute approximate surface area is 174 Å². The van der Waals surface area contributed by atoms with Gasteiger partial charge in [-0.2, -0.15) is 0 Å². The summed E-state index contributed by atoms with van der Waals surface area (Å²) in [7, 11) is 0. The molecule has 0 radical (unpaired) electrons. The van der Waals surface area contributed by atoms with Gasteiger partial charge in [-0.1, -0.05) is 38.5 Å². The molecule has 2 aliphatic heterocycles. The molecule has 0 unspecified atom stereocenters. The molecule has 26 heavy (non-hydrogen) atoms. The molecule has 4 rings (SSSR count). The second kappa shape index (κ2) is 10.3. The smallest absolute Gasteiger partial charge is 0.0110 e. The molecule has 2 saturated carbocycles. The standard InChI is InChI=1S/C22H40N2.2ClH/c1-3-9-21(10-4-1)13-7-15-23(19-21)17-18-24-16-8-14-22(20-24)11-5-2-6-12-22;;/h1-20H2;2*1H.